The summed E-state index contributed by atoms with van der Waals surface area (Å²) in [5.41, 5.74) is 0.915. The number of carbonyl (C=O) groups is 1. The molecule has 1 heterocycles. The van der Waals surface area contributed by atoms with Gasteiger partial charge in [0.15, 0.2) is 0 Å². The van der Waals surface area contributed by atoms with Gasteiger partial charge in [-0.15, -0.1) is 11.8 Å². The van der Waals surface area contributed by atoms with Gasteiger partial charge in [-0.05, 0) is 20.3 Å². The van der Waals surface area contributed by atoms with Crippen LogP contribution in [0.5, 0.6) is 0 Å². The van der Waals surface area contributed by atoms with E-state index in [1.807, 2.05) is 20.8 Å². The number of aromatic nitrogens is 1. The number of nitrogens with zero attached hydrogens (tertiary/aromatic N) is 1. The highest BCUT2D eigenvalue weighted by Crippen LogP contribution is 2.19. The molecular formula is C13H22N2O4S. The maximum Gasteiger partial charge on any atom is 0.230 e. The molecule has 0 aromatic carbocycles. The second-order valence-corrected chi connectivity index (χ2v) is 5.78. The molecule has 1 rings (SSSR count). The van der Waals surface area contributed by atoms with Crippen molar-refractivity contribution in [2.45, 2.75) is 38.5 Å². The largest absolute Gasteiger partial charge is 0.394 e. The number of aliphatic hydroxyl groups is 2. The van der Waals surface area contributed by atoms with Crippen LogP contribution in [0, 0.1) is 13.8 Å². The van der Waals surface area contributed by atoms with Crippen molar-refractivity contribution in [2.75, 3.05) is 19.0 Å². The fraction of sp³-hybridized carbons (Fsp3) is 0.692. The van der Waals surface area contributed by atoms with E-state index in [0.29, 0.717) is 12.2 Å². The van der Waals surface area contributed by atoms with E-state index >= 15 is 0 Å². The number of aliphatic hydroxyl groups excluding tert-OH is 2. The van der Waals surface area contributed by atoms with E-state index in [-0.39, 0.29) is 24.9 Å². The van der Waals surface area contributed by atoms with Crippen molar-refractivity contribution in [2.24, 2.45) is 0 Å². The second kappa shape index (κ2) is 7.66. The summed E-state index contributed by atoms with van der Waals surface area (Å²) < 4.78 is 5.06. The summed E-state index contributed by atoms with van der Waals surface area (Å²) in [6.45, 7) is 4.96. The minimum absolute atomic E-state index is 0.202. The Morgan fingerprint density at radius 1 is 1.40 bits per heavy atom. The molecule has 0 atom stereocenters. The highest BCUT2D eigenvalue weighted by atomic mass is 32.2. The first-order chi connectivity index (χ1) is 9.48. The van der Waals surface area contributed by atoms with Crippen LogP contribution >= 0.6 is 11.8 Å². The van der Waals surface area contributed by atoms with E-state index < -0.39 is 5.54 Å². The smallest absolute Gasteiger partial charge is 0.230 e. The van der Waals surface area contributed by atoms with Crippen molar-refractivity contribution in [3.8, 4) is 0 Å². The first-order valence-corrected chi connectivity index (χ1v) is 7.65. The maximum absolute atomic E-state index is 11.8. The predicted molar refractivity (Wildman–Crippen MR) is 77.5 cm³/mol. The number of amides is 1. The molecule has 7 heteroatoms. The van der Waals surface area contributed by atoms with Gasteiger partial charge in [0.1, 0.15) is 5.76 Å². The van der Waals surface area contributed by atoms with Crippen molar-refractivity contribution in [1.29, 1.82) is 0 Å². The Balaban J connectivity index is 2.44. The molecule has 3 N–H and O–H groups in total. The zero-order valence-corrected chi connectivity index (χ0v) is 12.9. The highest BCUT2D eigenvalue weighted by molar-refractivity contribution is 7.99. The Hall–Kier alpha value is -1.05. The molecule has 0 saturated heterocycles. The van der Waals surface area contributed by atoms with Crippen LogP contribution in [0.3, 0.4) is 0 Å². The topological polar surface area (TPSA) is 95.6 Å². The average molecular weight is 302 g/mol. The van der Waals surface area contributed by atoms with E-state index in [2.05, 4.69) is 10.5 Å². The number of aryl methyl sites for hydroxylation is 2. The third kappa shape index (κ3) is 4.22. The molecule has 0 aliphatic rings. The molecule has 114 valence electrons. The Morgan fingerprint density at radius 2 is 2.05 bits per heavy atom. The molecule has 0 bridgehead atoms. The number of rotatable bonds is 8. The zero-order chi connectivity index (χ0) is 15.2. The summed E-state index contributed by atoms with van der Waals surface area (Å²) in [6.07, 6.45) is 0.472. The summed E-state index contributed by atoms with van der Waals surface area (Å²) >= 11 is 1.44. The van der Waals surface area contributed by atoms with Gasteiger partial charge in [0.25, 0.3) is 0 Å². The Labute approximate surface area is 122 Å². The molecule has 20 heavy (non-hydrogen) atoms. The van der Waals surface area contributed by atoms with Crippen molar-refractivity contribution in [1.82, 2.24) is 10.5 Å². The maximum atomic E-state index is 11.8. The molecule has 0 spiro atoms. The molecule has 1 aromatic rings. The van der Waals surface area contributed by atoms with Gasteiger partial charge >= 0.3 is 0 Å². The van der Waals surface area contributed by atoms with Crippen LogP contribution in [0.4, 0.5) is 0 Å². The van der Waals surface area contributed by atoms with Crippen LogP contribution < -0.4 is 5.32 Å². The van der Waals surface area contributed by atoms with E-state index in [1.165, 1.54) is 11.8 Å². The van der Waals surface area contributed by atoms with Gasteiger partial charge in [-0.25, -0.2) is 0 Å². The molecule has 0 aliphatic carbocycles. The van der Waals surface area contributed by atoms with Gasteiger partial charge in [0, 0.05) is 11.3 Å². The van der Waals surface area contributed by atoms with Gasteiger partial charge in [0.2, 0.25) is 5.91 Å². The molecule has 1 aromatic heterocycles. The van der Waals surface area contributed by atoms with Gasteiger partial charge in [-0.1, -0.05) is 12.1 Å². The van der Waals surface area contributed by atoms with Crippen LogP contribution in [0.2, 0.25) is 0 Å². The number of carbonyl (C=O) groups excluding carboxylic acids is 1. The predicted octanol–water partition coefficient (Wildman–Crippen LogP) is 0.774. The quantitative estimate of drug-likeness (QED) is 0.656. The summed E-state index contributed by atoms with van der Waals surface area (Å²) in [5.74, 6) is 1.47. The van der Waals surface area contributed by atoms with E-state index in [1.54, 1.807) is 0 Å². The van der Waals surface area contributed by atoms with E-state index in [0.717, 1.165) is 17.0 Å². The van der Waals surface area contributed by atoms with E-state index in [4.69, 9.17) is 4.52 Å². The minimum atomic E-state index is -0.930. The average Bonchev–Trinajstić information content (AvgIpc) is 2.76. The van der Waals surface area contributed by atoms with Gasteiger partial charge in [-0.2, -0.15) is 0 Å². The van der Waals surface area contributed by atoms with Crippen molar-refractivity contribution in [3.63, 3.8) is 0 Å². The Bertz CT molecular complexity index is 416. The fourth-order valence-electron chi connectivity index (χ4n) is 1.73. The second-order valence-electron chi connectivity index (χ2n) is 4.79. The lowest BCUT2D eigenvalue weighted by atomic mass is 9.99. The summed E-state index contributed by atoms with van der Waals surface area (Å²) in [5, 5.41) is 25.1. The van der Waals surface area contributed by atoms with Crippen LogP contribution in [-0.4, -0.2) is 45.8 Å². The number of hydrogen-bond donors (Lipinski definition) is 3. The molecule has 0 radical (unpaired) electrons. The van der Waals surface area contributed by atoms with Crippen LogP contribution in [-0.2, 0) is 10.5 Å². The molecule has 1 amide bonds. The lowest BCUT2D eigenvalue weighted by molar-refractivity contribution is -0.121. The van der Waals surface area contributed by atoms with Crippen LogP contribution in [0.1, 0.15) is 30.4 Å². The highest BCUT2D eigenvalue weighted by Gasteiger charge is 2.28. The molecule has 0 fully saturated rings. The molecular weight excluding hydrogens is 280 g/mol. The number of hydrogen-bond acceptors (Lipinski definition) is 6. The SMILES string of the molecule is CCC(CO)(CO)NC(=O)CSCc1c(C)noc1C. The first kappa shape index (κ1) is 17.0. The van der Waals surface area contributed by atoms with Crippen molar-refractivity contribution >= 4 is 17.7 Å². The third-order valence-electron chi connectivity index (χ3n) is 3.35. The molecule has 6 nitrogen and oxygen atoms in total. The van der Waals surface area contributed by atoms with Crippen molar-refractivity contribution < 1.29 is 19.5 Å². The van der Waals surface area contributed by atoms with Gasteiger partial charge in [0.05, 0.1) is 30.2 Å². The number of thioether (sulfide) groups is 1. The Morgan fingerprint density at radius 3 is 2.50 bits per heavy atom. The molecule has 0 unspecified atom stereocenters. The first-order valence-electron chi connectivity index (χ1n) is 6.50. The van der Waals surface area contributed by atoms with Crippen molar-refractivity contribution in [3.05, 3.63) is 17.0 Å². The minimum Gasteiger partial charge on any atom is -0.394 e. The van der Waals surface area contributed by atoms with Crippen LogP contribution in [0.15, 0.2) is 4.52 Å². The monoisotopic (exact) mass is 302 g/mol. The fourth-order valence-corrected chi connectivity index (χ4v) is 2.70. The molecule has 0 aliphatic heterocycles. The zero-order valence-electron chi connectivity index (χ0n) is 12.1. The van der Waals surface area contributed by atoms with E-state index in [9.17, 15) is 15.0 Å². The summed E-state index contributed by atoms with van der Waals surface area (Å²) in [4.78, 5) is 11.8. The summed E-state index contributed by atoms with van der Waals surface area (Å²) in [7, 11) is 0. The van der Waals surface area contributed by atoms with Gasteiger partial charge in [-0.3, -0.25) is 4.79 Å². The lowest BCUT2D eigenvalue weighted by Gasteiger charge is -2.29. The molecule has 0 saturated carbocycles. The standard InChI is InChI=1S/C13H22N2O4S/c1-4-13(7-16,8-17)14-12(18)6-20-5-11-9(2)15-19-10(11)3/h16-17H,4-8H2,1-3H3,(H,14,18). The summed E-state index contributed by atoms with van der Waals surface area (Å²) in [6, 6.07) is 0. The van der Waals surface area contributed by atoms with Crippen LogP contribution in [0.25, 0.3) is 0 Å². The van der Waals surface area contributed by atoms with Gasteiger partial charge < -0.3 is 20.1 Å². The third-order valence-corrected chi connectivity index (χ3v) is 4.31. The number of nitrogens with one attached hydrogen (secondary N) is 1. The lowest BCUT2D eigenvalue weighted by Crippen LogP contribution is -2.54. The Kier molecular flexibility index (Phi) is 6.51. The normalized spacial score (nSPS) is 11.7.